The lowest BCUT2D eigenvalue weighted by Crippen LogP contribution is -2.52. The Balaban J connectivity index is 1.10. The number of rotatable bonds is 0. The zero-order valence-electron chi connectivity index (χ0n) is 31.5. The third-order valence-corrected chi connectivity index (χ3v) is 15.8. The van der Waals surface area contributed by atoms with Crippen LogP contribution in [0, 0.1) is 0 Å². The van der Waals surface area contributed by atoms with Crippen LogP contribution in [0.2, 0.25) is 0 Å². The standard InChI is InChI=1S/C55H29N3O/c1-2-12-27-26(11-1)21-22-40-41(27)35-23-34-44-38(24-56-51-43-30-15-5-3-13-28(30)42(46(44)51)29-14-4-6-16-31(29)43)58-39-25-57-52-47(45(39)48(53(34)58)54(35)59-40)49-32-17-7-9-19-36(32)55(49)37-20-10-8-18-33(37)50(52)55/h1-25,42-43,49-50H. The predicted molar refractivity (Wildman–Crippen MR) is 234 cm³/mol. The van der Waals surface area contributed by atoms with E-state index in [0.29, 0.717) is 0 Å². The lowest BCUT2D eigenvalue weighted by Gasteiger charge is -2.58. The van der Waals surface area contributed by atoms with Crippen LogP contribution in [0.25, 0.3) is 70.8 Å². The average Bonchev–Trinajstić information content (AvgIpc) is 3.99. The topological polar surface area (TPSA) is 43.3 Å². The lowest BCUT2D eigenvalue weighted by molar-refractivity contribution is 0.331. The molecule has 0 radical (unpaired) electrons. The van der Waals surface area contributed by atoms with E-state index in [4.69, 9.17) is 14.4 Å². The van der Waals surface area contributed by atoms with Crippen LogP contribution in [0.1, 0.15) is 90.7 Å². The van der Waals surface area contributed by atoms with E-state index in [1.54, 1.807) is 0 Å². The molecule has 3 atom stereocenters. The normalized spacial score (nSPS) is 22.3. The van der Waals surface area contributed by atoms with Crippen molar-refractivity contribution in [1.29, 1.82) is 0 Å². The van der Waals surface area contributed by atoms with E-state index in [9.17, 15) is 0 Å². The first-order chi connectivity index (χ1) is 29.3. The Kier molecular flexibility index (Phi) is 4.52. The van der Waals surface area contributed by atoms with Crippen LogP contribution in [0.4, 0.5) is 0 Å². The summed E-state index contributed by atoms with van der Waals surface area (Å²) in [6.07, 6.45) is 4.37. The summed E-state index contributed by atoms with van der Waals surface area (Å²) >= 11 is 0. The molecule has 0 amide bonds. The zero-order chi connectivity index (χ0) is 37.6. The average molecular weight is 748 g/mol. The molecular weight excluding hydrogens is 719 g/mol. The maximum absolute atomic E-state index is 7.22. The fourth-order valence-corrected chi connectivity index (χ4v) is 14.0. The van der Waals surface area contributed by atoms with Gasteiger partial charge in [-0.15, -0.1) is 0 Å². The summed E-state index contributed by atoms with van der Waals surface area (Å²) in [5.41, 5.74) is 21.9. The van der Waals surface area contributed by atoms with Crippen molar-refractivity contribution in [2.75, 3.05) is 0 Å². The molecule has 5 aromatic heterocycles. The smallest absolute Gasteiger partial charge is 0.145 e. The van der Waals surface area contributed by atoms with E-state index < -0.39 is 0 Å². The molecule has 270 valence electrons. The molecule has 5 heterocycles. The quantitative estimate of drug-likeness (QED) is 0.155. The highest BCUT2D eigenvalue weighted by atomic mass is 16.3. The minimum atomic E-state index is -0.0886. The van der Waals surface area contributed by atoms with Gasteiger partial charge in [0.25, 0.3) is 0 Å². The predicted octanol–water partition coefficient (Wildman–Crippen LogP) is 12.6. The molecule has 0 aliphatic heterocycles. The summed E-state index contributed by atoms with van der Waals surface area (Å²) in [4.78, 5) is 11.1. The summed E-state index contributed by atoms with van der Waals surface area (Å²) in [6, 6.07) is 52.2. The minimum Gasteiger partial charge on any atom is -0.455 e. The molecule has 0 saturated heterocycles. The Labute approximate surface area is 336 Å². The first-order valence-electron chi connectivity index (χ1n) is 21.0. The van der Waals surface area contributed by atoms with Gasteiger partial charge in [-0.1, -0.05) is 127 Å². The molecule has 2 bridgehead atoms. The molecule has 0 fully saturated rings. The van der Waals surface area contributed by atoms with E-state index in [1.165, 1.54) is 116 Å². The number of pyridine rings is 2. The van der Waals surface area contributed by atoms with Gasteiger partial charge in [0, 0.05) is 50.1 Å². The molecule has 12 aromatic rings. The Bertz CT molecular complexity index is 3970. The van der Waals surface area contributed by atoms with Crippen molar-refractivity contribution >= 4 is 70.8 Å². The summed E-state index contributed by atoms with van der Waals surface area (Å²) in [6.45, 7) is 0. The molecule has 0 N–H and O–H groups in total. The largest absolute Gasteiger partial charge is 0.455 e. The van der Waals surface area contributed by atoms with E-state index in [2.05, 4.69) is 156 Å². The maximum atomic E-state index is 7.22. The van der Waals surface area contributed by atoms with Crippen LogP contribution >= 0.6 is 0 Å². The van der Waals surface area contributed by atoms with Crippen LogP contribution in [-0.4, -0.2) is 14.4 Å². The number of hydrogen-bond donors (Lipinski definition) is 0. The van der Waals surface area contributed by atoms with Gasteiger partial charge in [0.1, 0.15) is 11.2 Å². The van der Waals surface area contributed by atoms with Gasteiger partial charge in [-0.25, -0.2) is 0 Å². The Morgan fingerprint density at radius 2 is 1.08 bits per heavy atom. The second-order valence-electron chi connectivity index (χ2n) is 17.8. The van der Waals surface area contributed by atoms with Gasteiger partial charge >= 0.3 is 0 Å². The fraction of sp³-hybridized carbons (Fsp3) is 0.0909. The zero-order valence-corrected chi connectivity index (χ0v) is 31.5. The first kappa shape index (κ1) is 29.0. The van der Waals surface area contributed by atoms with Gasteiger partial charge in [-0.05, 0) is 78.5 Å². The number of aromatic nitrogens is 3. The Morgan fingerprint density at radius 1 is 0.475 bits per heavy atom. The Morgan fingerprint density at radius 3 is 1.83 bits per heavy atom. The first-order valence-corrected chi connectivity index (χ1v) is 21.0. The van der Waals surface area contributed by atoms with Crippen molar-refractivity contribution < 1.29 is 4.42 Å². The maximum Gasteiger partial charge on any atom is 0.145 e. The monoisotopic (exact) mass is 747 g/mol. The van der Waals surface area contributed by atoms with Crippen molar-refractivity contribution in [2.24, 2.45) is 0 Å². The van der Waals surface area contributed by atoms with Crippen molar-refractivity contribution in [2.45, 2.75) is 29.1 Å². The van der Waals surface area contributed by atoms with Crippen LogP contribution in [0.15, 0.2) is 156 Å². The third kappa shape index (κ3) is 2.81. The SMILES string of the molecule is c1ccc2c(c1)C1c3ccccc3C2c2c1ncc1c2c2cc3c(oc4ccc5ccccc5c43)c3c4c5c(ncc4n1c23)C1c2ccccc2C12c1ccccc1C52. The number of benzene rings is 7. The van der Waals surface area contributed by atoms with Gasteiger partial charge in [0.15, 0.2) is 0 Å². The number of fused-ring (bicyclic) bond motifs is 20. The van der Waals surface area contributed by atoms with Crippen LogP contribution in [-0.2, 0) is 5.41 Å². The summed E-state index contributed by atoms with van der Waals surface area (Å²) in [5, 5.41) is 9.90. The minimum absolute atomic E-state index is 0.0886. The van der Waals surface area contributed by atoms with E-state index >= 15 is 0 Å². The van der Waals surface area contributed by atoms with E-state index in [1.807, 2.05) is 0 Å². The van der Waals surface area contributed by atoms with Gasteiger partial charge in [-0.2, -0.15) is 0 Å². The van der Waals surface area contributed by atoms with Crippen LogP contribution < -0.4 is 0 Å². The van der Waals surface area contributed by atoms with Crippen LogP contribution in [0.3, 0.4) is 0 Å². The van der Waals surface area contributed by atoms with Crippen LogP contribution in [0.5, 0.6) is 0 Å². The molecule has 0 saturated carbocycles. The third-order valence-electron chi connectivity index (χ3n) is 15.8. The highest BCUT2D eigenvalue weighted by Crippen LogP contribution is 2.77. The van der Waals surface area contributed by atoms with Crippen molar-refractivity contribution in [1.82, 2.24) is 14.4 Å². The van der Waals surface area contributed by atoms with Gasteiger partial charge < -0.3 is 8.82 Å². The summed E-state index contributed by atoms with van der Waals surface area (Å²) in [5.74, 6) is 0.641. The molecule has 6 aliphatic rings. The van der Waals surface area contributed by atoms with Crippen molar-refractivity contribution in [3.05, 3.63) is 219 Å². The van der Waals surface area contributed by atoms with E-state index in [0.717, 1.165) is 22.2 Å². The molecule has 3 unspecified atom stereocenters. The molecule has 6 aliphatic carbocycles. The van der Waals surface area contributed by atoms with E-state index in [-0.39, 0.29) is 29.1 Å². The van der Waals surface area contributed by atoms with Gasteiger partial charge in [0.2, 0.25) is 0 Å². The highest BCUT2D eigenvalue weighted by molar-refractivity contribution is 6.35. The van der Waals surface area contributed by atoms with Crippen molar-refractivity contribution in [3.63, 3.8) is 0 Å². The molecule has 18 rings (SSSR count). The number of furan rings is 1. The molecule has 1 spiro atoms. The van der Waals surface area contributed by atoms with Crippen molar-refractivity contribution in [3.8, 4) is 0 Å². The van der Waals surface area contributed by atoms with Gasteiger partial charge in [0.05, 0.1) is 51.6 Å². The Hall–Kier alpha value is -7.30. The summed E-state index contributed by atoms with van der Waals surface area (Å²) in [7, 11) is 0. The lowest BCUT2D eigenvalue weighted by atomic mass is 9.43. The molecule has 4 heteroatoms. The second-order valence-corrected chi connectivity index (χ2v) is 17.8. The fourth-order valence-electron chi connectivity index (χ4n) is 14.0. The molecule has 7 aromatic carbocycles. The molecule has 4 nitrogen and oxygen atoms in total. The number of nitrogens with zero attached hydrogens (tertiary/aromatic N) is 3. The van der Waals surface area contributed by atoms with Gasteiger partial charge in [-0.3, -0.25) is 9.97 Å². The number of hydrogen-bond acceptors (Lipinski definition) is 3. The second kappa shape index (κ2) is 9.20. The summed E-state index contributed by atoms with van der Waals surface area (Å²) < 4.78 is 9.74. The molecule has 59 heavy (non-hydrogen) atoms. The molecular formula is C55H29N3O. The highest BCUT2D eigenvalue weighted by Gasteiger charge is 2.70.